The number of hydrogen-bond acceptors (Lipinski definition) is 6. The Morgan fingerprint density at radius 1 is 1.21 bits per heavy atom. The number of ether oxygens (including phenoxy) is 3. The lowest BCUT2D eigenvalue weighted by atomic mass is 10.0. The van der Waals surface area contributed by atoms with Gasteiger partial charge >= 0.3 is 0 Å². The van der Waals surface area contributed by atoms with Gasteiger partial charge in [0, 0.05) is 24.3 Å². The van der Waals surface area contributed by atoms with E-state index in [0.29, 0.717) is 11.3 Å². The Kier molecular flexibility index (Phi) is 8.35. The van der Waals surface area contributed by atoms with Crippen molar-refractivity contribution in [2.24, 2.45) is 0 Å². The summed E-state index contributed by atoms with van der Waals surface area (Å²) in [6.07, 6.45) is -0.301. The molecule has 136 valence electrons. The monoisotopic (exact) mass is 361 g/mol. The zero-order valence-corrected chi connectivity index (χ0v) is 15.0. The summed E-state index contributed by atoms with van der Waals surface area (Å²) >= 11 is 0. The third-order valence-electron chi connectivity index (χ3n) is 3.39. The predicted octanol–water partition coefficient (Wildman–Crippen LogP) is 2.68. The van der Waals surface area contributed by atoms with Crippen molar-refractivity contribution >= 4 is 7.37 Å². The van der Waals surface area contributed by atoms with Crippen LogP contribution in [-0.2, 0) is 14.0 Å². The summed E-state index contributed by atoms with van der Waals surface area (Å²) < 4.78 is 28.1. The summed E-state index contributed by atoms with van der Waals surface area (Å²) in [5.41, 5.74) is 0.591. The zero-order valence-electron chi connectivity index (χ0n) is 14.1. The summed E-state index contributed by atoms with van der Waals surface area (Å²) in [5, 5.41) is 11.0. The Balaban J connectivity index is 3.02. The highest BCUT2D eigenvalue weighted by molar-refractivity contribution is 7.58. The van der Waals surface area contributed by atoms with Crippen LogP contribution in [0.3, 0.4) is 0 Å². The minimum absolute atomic E-state index is 0.206. The number of nitro groups is 1. The van der Waals surface area contributed by atoms with Crippen molar-refractivity contribution in [3.63, 3.8) is 0 Å². The van der Waals surface area contributed by atoms with Gasteiger partial charge in [0.25, 0.3) is 7.37 Å². The van der Waals surface area contributed by atoms with E-state index in [4.69, 9.17) is 14.2 Å². The molecule has 2 atom stereocenters. The number of hydrogen-bond donors (Lipinski definition) is 1. The molecular formula is C15H24NO7P. The van der Waals surface area contributed by atoms with Gasteiger partial charge in [-0.3, -0.25) is 14.7 Å². The second-order valence-electron chi connectivity index (χ2n) is 5.14. The van der Waals surface area contributed by atoms with Crippen molar-refractivity contribution in [3.05, 3.63) is 39.9 Å². The van der Waals surface area contributed by atoms with E-state index in [-0.39, 0.29) is 19.4 Å². The molecule has 8 nitrogen and oxygen atoms in total. The van der Waals surface area contributed by atoms with E-state index in [0.717, 1.165) is 0 Å². The van der Waals surface area contributed by atoms with E-state index >= 15 is 0 Å². The predicted molar refractivity (Wildman–Crippen MR) is 89.3 cm³/mol. The Labute approximate surface area is 141 Å². The molecule has 0 radical (unpaired) electrons. The Bertz CT molecular complexity index is 557. The van der Waals surface area contributed by atoms with E-state index in [9.17, 15) is 19.6 Å². The lowest BCUT2D eigenvalue weighted by Gasteiger charge is -2.25. The van der Waals surface area contributed by atoms with Gasteiger partial charge < -0.3 is 19.1 Å². The second-order valence-corrected chi connectivity index (χ2v) is 7.44. The average Bonchev–Trinajstić information content (AvgIpc) is 2.53. The molecule has 1 aromatic carbocycles. The highest BCUT2D eigenvalue weighted by Gasteiger charge is 2.37. The van der Waals surface area contributed by atoms with E-state index in [1.807, 2.05) is 0 Å². The average molecular weight is 361 g/mol. The van der Waals surface area contributed by atoms with Crippen LogP contribution in [0.1, 0.15) is 25.3 Å². The first-order valence-electron chi connectivity index (χ1n) is 7.64. The fourth-order valence-electron chi connectivity index (χ4n) is 2.29. The smallest absolute Gasteiger partial charge is 0.255 e. The SMILES string of the molecule is CCOC(OCC)P(=O)(O)CC(C[N+](=O)[O-])c1ccc(OC)cc1. The van der Waals surface area contributed by atoms with Crippen molar-refractivity contribution in [2.75, 3.05) is 33.0 Å². The minimum Gasteiger partial charge on any atom is -0.497 e. The highest BCUT2D eigenvalue weighted by Crippen LogP contribution is 2.50. The summed E-state index contributed by atoms with van der Waals surface area (Å²) in [6.45, 7) is 3.32. The topological polar surface area (TPSA) is 108 Å². The summed E-state index contributed by atoms with van der Waals surface area (Å²) in [4.78, 5) is 20.8. The molecule has 9 heteroatoms. The number of benzene rings is 1. The van der Waals surface area contributed by atoms with Crippen LogP contribution in [0, 0.1) is 10.1 Å². The van der Waals surface area contributed by atoms with Crippen LogP contribution in [-0.4, -0.2) is 48.9 Å². The fraction of sp³-hybridized carbons (Fsp3) is 0.600. The molecule has 0 aliphatic rings. The molecule has 1 rings (SSSR count). The molecule has 0 aliphatic carbocycles. The standard InChI is InChI=1S/C15H24NO7P/c1-4-22-15(23-5-2)24(19,20)11-13(10-16(17)18)12-6-8-14(21-3)9-7-12/h6-9,13,15H,4-5,10-11H2,1-3H3,(H,19,20). The molecule has 0 aromatic heterocycles. The van der Waals surface area contributed by atoms with Gasteiger partial charge in [-0.25, -0.2) is 0 Å². The molecule has 0 saturated heterocycles. The first kappa shape index (κ1) is 20.6. The van der Waals surface area contributed by atoms with Crippen molar-refractivity contribution < 1.29 is 28.6 Å². The van der Waals surface area contributed by atoms with Gasteiger partial charge in [-0.2, -0.15) is 0 Å². The lowest BCUT2D eigenvalue weighted by molar-refractivity contribution is -0.482. The highest BCUT2D eigenvalue weighted by atomic mass is 31.2. The molecule has 0 heterocycles. The largest absolute Gasteiger partial charge is 0.497 e. The van der Waals surface area contributed by atoms with Gasteiger partial charge in [-0.1, -0.05) is 12.1 Å². The third-order valence-corrected chi connectivity index (χ3v) is 5.31. The maximum atomic E-state index is 12.6. The second kappa shape index (κ2) is 9.74. The normalized spacial score (nSPS) is 15.0. The maximum Gasteiger partial charge on any atom is 0.255 e. The molecule has 0 bridgehead atoms. The van der Waals surface area contributed by atoms with Gasteiger partial charge in [-0.05, 0) is 31.5 Å². The molecule has 0 saturated carbocycles. The van der Waals surface area contributed by atoms with Gasteiger partial charge in [-0.15, -0.1) is 0 Å². The van der Waals surface area contributed by atoms with Crippen LogP contribution < -0.4 is 4.74 Å². The molecule has 24 heavy (non-hydrogen) atoms. The summed E-state index contributed by atoms with van der Waals surface area (Å²) in [6, 6.07) is 5.35. The quantitative estimate of drug-likeness (QED) is 0.279. The minimum atomic E-state index is -3.91. The fourth-order valence-corrected chi connectivity index (χ4v) is 4.19. The Morgan fingerprint density at radius 3 is 2.17 bits per heavy atom. The number of nitrogens with zero attached hydrogens (tertiary/aromatic N) is 1. The molecular weight excluding hydrogens is 337 g/mol. The summed E-state index contributed by atoms with van der Waals surface area (Å²) in [7, 11) is -2.40. The van der Waals surface area contributed by atoms with Crippen molar-refractivity contribution in [3.8, 4) is 5.75 Å². The third kappa shape index (κ3) is 6.20. The lowest BCUT2D eigenvalue weighted by Crippen LogP contribution is -2.24. The van der Waals surface area contributed by atoms with Crippen molar-refractivity contribution in [2.45, 2.75) is 25.8 Å². The first-order chi connectivity index (χ1) is 11.3. The van der Waals surface area contributed by atoms with Gasteiger partial charge in [0.2, 0.25) is 12.6 Å². The molecule has 0 aliphatic heterocycles. The number of rotatable bonds is 11. The van der Waals surface area contributed by atoms with Crippen molar-refractivity contribution in [1.29, 1.82) is 0 Å². The zero-order chi connectivity index (χ0) is 18.2. The van der Waals surface area contributed by atoms with Crippen LogP contribution in [0.2, 0.25) is 0 Å². The molecule has 1 N–H and O–H groups in total. The molecule has 2 unspecified atom stereocenters. The Morgan fingerprint density at radius 2 is 1.75 bits per heavy atom. The van der Waals surface area contributed by atoms with Gasteiger partial charge in [0.05, 0.1) is 13.0 Å². The van der Waals surface area contributed by atoms with Gasteiger partial charge in [0.1, 0.15) is 5.75 Å². The van der Waals surface area contributed by atoms with Crippen LogP contribution in [0.4, 0.5) is 0 Å². The van der Waals surface area contributed by atoms with E-state index in [2.05, 4.69) is 0 Å². The molecule has 0 spiro atoms. The molecule has 1 aromatic rings. The molecule has 0 amide bonds. The maximum absolute atomic E-state index is 12.6. The van der Waals surface area contributed by atoms with Crippen LogP contribution in [0.15, 0.2) is 24.3 Å². The van der Waals surface area contributed by atoms with Crippen LogP contribution in [0.25, 0.3) is 0 Å². The number of methoxy groups -OCH3 is 1. The van der Waals surface area contributed by atoms with E-state index in [1.54, 1.807) is 38.1 Å². The van der Waals surface area contributed by atoms with Gasteiger partial charge in [0.15, 0.2) is 0 Å². The van der Waals surface area contributed by atoms with Crippen LogP contribution >= 0.6 is 7.37 Å². The van der Waals surface area contributed by atoms with Crippen molar-refractivity contribution in [1.82, 2.24) is 0 Å². The molecule has 0 fully saturated rings. The Hall–Kier alpha value is -1.47. The first-order valence-corrected chi connectivity index (χ1v) is 9.55. The van der Waals surface area contributed by atoms with E-state index < -0.39 is 30.8 Å². The van der Waals surface area contributed by atoms with E-state index in [1.165, 1.54) is 7.11 Å². The van der Waals surface area contributed by atoms with Crippen LogP contribution in [0.5, 0.6) is 5.75 Å². The summed E-state index contributed by atoms with van der Waals surface area (Å²) in [5.74, 6) is -0.127.